The molecule has 0 heterocycles. The Morgan fingerprint density at radius 2 is 2.25 bits per heavy atom. The molecule has 0 aliphatic rings. The summed E-state index contributed by atoms with van der Waals surface area (Å²) in [4.78, 5) is 13.9. The molecule has 1 aromatic rings. The Bertz CT molecular complexity index is 410. The minimum atomic E-state index is 0.0272. The topological polar surface area (TPSA) is 67.6 Å². The SMILES string of the molecule is CCCN(CC(=O)NCCOC)Cc1cccc(N)c1. The summed E-state index contributed by atoms with van der Waals surface area (Å²) in [5.74, 6) is 0.0272. The van der Waals surface area contributed by atoms with Crippen LogP contribution in [0.5, 0.6) is 0 Å². The van der Waals surface area contributed by atoms with E-state index in [0.717, 1.165) is 30.8 Å². The van der Waals surface area contributed by atoms with Gasteiger partial charge in [0, 0.05) is 25.9 Å². The molecule has 20 heavy (non-hydrogen) atoms. The lowest BCUT2D eigenvalue weighted by molar-refractivity contribution is -0.122. The fraction of sp³-hybridized carbons (Fsp3) is 0.533. The molecule has 0 aliphatic carbocycles. The predicted molar refractivity (Wildman–Crippen MR) is 81.3 cm³/mol. The van der Waals surface area contributed by atoms with Crippen LogP contribution in [0.25, 0.3) is 0 Å². The number of amides is 1. The lowest BCUT2D eigenvalue weighted by atomic mass is 10.2. The molecule has 0 saturated carbocycles. The zero-order chi connectivity index (χ0) is 14.8. The number of rotatable bonds is 9. The van der Waals surface area contributed by atoms with Gasteiger partial charge < -0.3 is 15.8 Å². The molecule has 112 valence electrons. The predicted octanol–water partition coefficient (Wildman–Crippen LogP) is 1.24. The van der Waals surface area contributed by atoms with E-state index in [1.54, 1.807) is 7.11 Å². The van der Waals surface area contributed by atoms with Crippen molar-refractivity contribution < 1.29 is 9.53 Å². The number of benzene rings is 1. The van der Waals surface area contributed by atoms with Gasteiger partial charge in [0.2, 0.25) is 5.91 Å². The van der Waals surface area contributed by atoms with E-state index in [1.807, 2.05) is 24.3 Å². The zero-order valence-electron chi connectivity index (χ0n) is 12.4. The average molecular weight is 279 g/mol. The number of carbonyl (C=O) groups is 1. The van der Waals surface area contributed by atoms with Gasteiger partial charge in [0.15, 0.2) is 0 Å². The van der Waals surface area contributed by atoms with Crippen LogP contribution in [0.1, 0.15) is 18.9 Å². The van der Waals surface area contributed by atoms with E-state index < -0.39 is 0 Å². The monoisotopic (exact) mass is 279 g/mol. The van der Waals surface area contributed by atoms with Gasteiger partial charge in [-0.1, -0.05) is 19.1 Å². The first-order valence-electron chi connectivity index (χ1n) is 6.98. The number of anilines is 1. The van der Waals surface area contributed by atoms with E-state index in [9.17, 15) is 4.79 Å². The summed E-state index contributed by atoms with van der Waals surface area (Å²) in [6, 6.07) is 7.78. The molecule has 0 fully saturated rings. The van der Waals surface area contributed by atoms with Gasteiger partial charge in [-0.15, -0.1) is 0 Å². The lowest BCUT2D eigenvalue weighted by Crippen LogP contribution is -2.38. The van der Waals surface area contributed by atoms with Crippen LogP contribution in [0.15, 0.2) is 24.3 Å². The maximum Gasteiger partial charge on any atom is 0.234 e. The fourth-order valence-electron chi connectivity index (χ4n) is 2.03. The van der Waals surface area contributed by atoms with Crippen molar-refractivity contribution in [3.8, 4) is 0 Å². The maximum absolute atomic E-state index is 11.8. The number of hydrogen-bond donors (Lipinski definition) is 2. The number of nitrogens with two attached hydrogens (primary N) is 1. The van der Waals surface area contributed by atoms with Crippen molar-refractivity contribution in [1.82, 2.24) is 10.2 Å². The zero-order valence-corrected chi connectivity index (χ0v) is 12.4. The molecule has 3 N–H and O–H groups in total. The molecule has 0 aromatic heterocycles. The van der Waals surface area contributed by atoms with Crippen LogP contribution in [-0.4, -0.2) is 44.2 Å². The molecule has 0 unspecified atom stereocenters. The highest BCUT2D eigenvalue weighted by molar-refractivity contribution is 5.77. The Kier molecular flexibility index (Phi) is 7.69. The van der Waals surface area contributed by atoms with Crippen LogP contribution in [0, 0.1) is 0 Å². The van der Waals surface area contributed by atoms with Crippen molar-refractivity contribution in [3.63, 3.8) is 0 Å². The van der Waals surface area contributed by atoms with E-state index in [0.29, 0.717) is 19.7 Å². The molecule has 0 atom stereocenters. The van der Waals surface area contributed by atoms with Gasteiger partial charge >= 0.3 is 0 Å². The minimum absolute atomic E-state index is 0.0272. The number of nitrogen functional groups attached to an aromatic ring is 1. The number of ether oxygens (including phenoxy) is 1. The molecule has 0 saturated heterocycles. The molecule has 1 rings (SSSR count). The van der Waals surface area contributed by atoms with Crippen LogP contribution < -0.4 is 11.1 Å². The molecule has 0 aliphatic heterocycles. The second kappa shape index (κ2) is 9.34. The van der Waals surface area contributed by atoms with E-state index in [1.165, 1.54) is 0 Å². The van der Waals surface area contributed by atoms with Crippen molar-refractivity contribution in [3.05, 3.63) is 29.8 Å². The largest absolute Gasteiger partial charge is 0.399 e. The highest BCUT2D eigenvalue weighted by Gasteiger charge is 2.10. The molecular weight excluding hydrogens is 254 g/mol. The highest BCUT2D eigenvalue weighted by atomic mass is 16.5. The number of methoxy groups -OCH3 is 1. The summed E-state index contributed by atoms with van der Waals surface area (Å²) in [7, 11) is 1.62. The lowest BCUT2D eigenvalue weighted by Gasteiger charge is -2.21. The van der Waals surface area contributed by atoms with E-state index >= 15 is 0 Å². The summed E-state index contributed by atoms with van der Waals surface area (Å²) in [6.07, 6.45) is 1.01. The molecule has 1 aromatic carbocycles. The van der Waals surface area contributed by atoms with Crippen LogP contribution >= 0.6 is 0 Å². The third-order valence-electron chi connectivity index (χ3n) is 2.89. The van der Waals surface area contributed by atoms with Crippen LogP contribution in [-0.2, 0) is 16.1 Å². The van der Waals surface area contributed by atoms with Crippen LogP contribution in [0.3, 0.4) is 0 Å². The normalized spacial score (nSPS) is 10.8. The second-order valence-electron chi connectivity index (χ2n) is 4.80. The van der Waals surface area contributed by atoms with Gasteiger partial charge in [-0.05, 0) is 30.7 Å². The first-order chi connectivity index (χ1) is 9.65. The molecule has 5 heteroatoms. The highest BCUT2D eigenvalue weighted by Crippen LogP contribution is 2.09. The minimum Gasteiger partial charge on any atom is -0.399 e. The molecule has 5 nitrogen and oxygen atoms in total. The standard InChI is InChI=1S/C15H25N3O2/c1-3-8-18(12-15(19)17-7-9-20-2)11-13-5-4-6-14(16)10-13/h4-6,10H,3,7-9,11-12,16H2,1-2H3,(H,17,19). The van der Waals surface area contributed by atoms with E-state index in [-0.39, 0.29) is 5.91 Å². The molecule has 0 radical (unpaired) electrons. The van der Waals surface area contributed by atoms with Crippen LogP contribution in [0.4, 0.5) is 5.69 Å². The second-order valence-corrected chi connectivity index (χ2v) is 4.80. The fourth-order valence-corrected chi connectivity index (χ4v) is 2.03. The molecule has 0 bridgehead atoms. The van der Waals surface area contributed by atoms with Gasteiger partial charge in [0.1, 0.15) is 0 Å². The van der Waals surface area contributed by atoms with Crippen molar-refractivity contribution in [2.24, 2.45) is 0 Å². The van der Waals surface area contributed by atoms with Crippen molar-refractivity contribution >= 4 is 11.6 Å². The van der Waals surface area contributed by atoms with Crippen molar-refractivity contribution in [1.29, 1.82) is 0 Å². The molecule has 0 spiro atoms. The molecule has 1 amide bonds. The van der Waals surface area contributed by atoms with Gasteiger partial charge in [0.05, 0.1) is 13.2 Å². The third-order valence-corrected chi connectivity index (χ3v) is 2.89. The van der Waals surface area contributed by atoms with Gasteiger partial charge in [-0.3, -0.25) is 9.69 Å². The van der Waals surface area contributed by atoms with Gasteiger partial charge in [0.25, 0.3) is 0 Å². The first kappa shape index (κ1) is 16.5. The number of nitrogens with zero attached hydrogens (tertiary/aromatic N) is 1. The Morgan fingerprint density at radius 1 is 1.45 bits per heavy atom. The number of hydrogen-bond acceptors (Lipinski definition) is 4. The third kappa shape index (κ3) is 6.54. The Labute approximate surface area is 121 Å². The Balaban J connectivity index is 2.49. The average Bonchev–Trinajstić information content (AvgIpc) is 2.39. The first-order valence-corrected chi connectivity index (χ1v) is 6.98. The number of carbonyl (C=O) groups excluding carboxylic acids is 1. The quantitative estimate of drug-likeness (QED) is 0.527. The van der Waals surface area contributed by atoms with Crippen molar-refractivity contribution in [2.75, 3.05) is 39.1 Å². The molecular formula is C15H25N3O2. The van der Waals surface area contributed by atoms with Gasteiger partial charge in [-0.25, -0.2) is 0 Å². The Hall–Kier alpha value is -1.59. The summed E-state index contributed by atoms with van der Waals surface area (Å²) < 4.78 is 4.91. The maximum atomic E-state index is 11.8. The van der Waals surface area contributed by atoms with Crippen LogP contribution in [0.2, 0.25) is 0 Å². The van der Waals surface area contributed by atoms with Gasteiger partial charge in [-0.2, -0.15) is 0 Å². The summed E-state index contributed by atoms with van der Waals surface area (Å²) in [6.45, 7) is 5.20. The number of nitrogens with one attached hydrogen (secondary N) is 1. The summed E-state index contributed by atoms with van der Waals surface area (Å²) in [5.41, 5.74) is 7.66. The summed E-state index contributed by atoms with van der Waals surface area (Å²) in [5, 5.41) is 2.84. The van der Waals surface area contributed by atoms with Crippen molar-refractivity contribution in [2.45, 2.75) is 19.9 Å². The van der Waals surface area contributed by atoms with E-state index in [4.69, 9.17) is 10.5 Å². The van der Waals surface area contributed by atoms with E-state index in [2.05, 4.69) is 17.1 Å². The Morgan fingerprint density at radius 3 is 2.90 bits per heavy atom. The summed E-state index contributed by atoms with van der Waals surface area (Å²) >= 11 is 0. The smallest absolute Gasteiger partial charge is 0.234 e.